The van der Waals surface area contributed by atoms with Gasteiger partial charge in [0.05, 0.1) is 4.90 Å². The second kappa shape index (κ2) is 4.48. The zero-order valence-corrected chi connectivity index (χ0v) is 10.1. The van der Waals surface area contributed by atoms with Gasteiger partial charge in [0.2, 0.25) is 0 Å². The summed E-state index contributed by atoms with van der Waals surface area (Å²) in [5, 5.41) is 0. The Labute approximate surface area is 100 Å². The van der Waals surface area contributed by atoms with Crippen molar-refractivity contribution in [2.24, 2.45) is 0 Å². The maximum atomic E-state index is 11.2. The maximum Gasteiger partial charge on any atom is 0.175 e. The molecule has 2 rings (SSSR count). The molecule has 0 radical (unpaired) electrons. The summed E-state index contributed by atoms with van der Waals surface area (Å²) in [7, 11) is -3.13. The maximum absolute atomic E-state index is 11.2. The molecule has 86 valence electrons. The van der Waals surface area contributed by atoms with E-state index in [1.54, 1.807) is 36.7 Å². The van der Waals surface area contributed by atoms with Gasteiger partial charge in [-0.15, -0.1) is 0 Å². The highest BCUT2D eigenvalue weighted by Crippen LogP contribution is 2.09. The lowest BCUT2D eigenvalue weighted by Crippen LogP contribution is -1.96. The fourth-order valence-corrected chi connectivity index (χ4v) is 1.96. The van der Waals surface area contributed by atoms with Crippen LogP contribution < -0.4 is 0 Å². The molecule has 2 aromatic rings. The first-order valence-electron chi connectivity index (χ1n) is 5.01. The van der Waals surface area contributed by atoms with Gasteiger partial charge < -0.3 is 4.98 Å². The number of rotatable bonds is 1. The second-order valence-corrected chi connectivity index (χ2v) is 5.66. The van der Waals surface area contributed by atoms with Gasteiger partial charge in [-0.1, -0.05) is 11.8 Å². The normalized spacial score (nSPS) is 10.6. The summed E-state index contributed by atoms with van der Waals surface area (Å²) in [5.74, 6) is 5.93. The van der Waals surface area contributed by atoms with E-state index in [-0.39, 0.29) is 0 Å². The molecule has 0 aliphatic carbocycles. The number of benzene rings is 1. The summed E-state index contributed by atoms with van der Waals surface area (Å²) >= 11 is 0. The molecular weight excluding hydrogens is 234 g/mol. The Hall–Kier alpha value is -1.99. The molecule has 1 N–H and O–H groups in total. The van der Waals surface area contributed by atoms with Gasteiger partial charge >= 0.3 is 0 Å². The molecule has 1 aromatic carbocycles. The molecular formula is C13H11NO2S. The van der Waals surface area contributed by atoms with Crippen molar-refractivity contribution in [2.45, 2.75) is 4.90 Å². The molecule has 17 heavy (non-hydrogen) atoms. The van der Waals surface area contributed by atoms with Crippen LogP contribution >= 0.6 is 0 Å². The highest BCUT2D eigenvalue weighted by atomic mass is 32.2. The molecule has 1 heterocycles. The van der Waals surface area contributed by atoms with Gasteiger partial charge in [0.25, 0.3) is 0 Å². The van der Waals surface area contributed by atoms with E-state index in [0.717, 1.165) is 11.1 Å². The topological polar surface area (TPSA) is 49.9 Å². The van der Waals surface area contributed by atoms with Crippen LogP contribution in [0.25, 0.3) is 0 Å². The van der Waals surface area contributed by atoms with Gasteiger partial charge in [0.15, 0.2) is 9.84 Å². The van der Waals surface area contributed by atoms with E-state index in [2.05, 4.69) is 16.8 Å². The highest BCUT2D eigenvalue weighted by molar-refractivity contribution is 7.90. The van der Waals surface area contributed by atoms with Crippen LogP contribution in [0, 0.1) is 11.8 Å². The Bertz CT molecular complexity index is 656. The Kier molecular flexibility index (Phi) is 3.03. The Morgan fingerprint density at radius 1 is 1.00 bits per heavy atom. The van der Waals surface area contributed by atoms with Gasteiger partial charge in [-0.2, -0.15) is 0 Å². The van der Waals surface area contributed by atoms with Crippen LogP contribution in [0.15, 0.2) is 47.6 Å². The summed E-state index contributed by atoms with van der Waals surface area (Å²) in [6.07, 6.45) is 4.79. The summed E-state index contributed by atoms with van der Waals surface area (Å²) in [6, 6.07) is 8.41. The highest BCUT2D eigenvalue weighted by Gasteiger charge is 2.04. The fourth-order valence-electron chi connectivity index (χ4n) is 1.33. The smallest absolute Gasteiger partial charge is 0.175 e. The van der Waals surface area contributed by atoms with E-state index in [9.17, 15) is 8.42 Å². The average molecular weight is 245 g/mol. The second-order valence-electron chi connectivity index (χ2n) is 3.65. The predicted molar refractivity (Wildman–Crippen MR) is 66.3 cm³/mol. The number of nitrogens with one attached hydrogen (secondary N) is 1. The average Bonchev–Trinajstić information content (AvgIpc) is 2.78. The summed E-state index contributed by atoms with van der Waals surface area (Å²) < 4.78 is 22.5. The quantitative estimate of drug-likeness (QED) is 0.779. The largest absolute Gasteiger partial charge is 0.367 e. The molecule has 0 aliphatic rings. The number of aromatic nitrogens is 1. The van der Waals surface area contributed by atoms with Crippen LogP contribution in [0.5, 0.6) is 0 Å². The van der Waals surface area contributed by atoms with Gasteiger partial charge in [-0.05, 0) is 30.3 Å². The minimum atomic E-state index is -3.13. The van der Waals surface area contributed by atoms with Crippen LogP contribution in [0.1, 0.15) is 11.1 Å². The summed E-state index contributed by atoms with van der Waals surface area (Å²) in [4.78, 5) is 3.22. The Morgan fingerprint density at radius 2 is 1.65 bits per heavy atom. The first kappa shape index (κ1) is 11.5. The molecule has 0 amide bonds. The lowest BCUT2D eigenvalue weighted by atomic mass is 10.2. The first-order valence-corrected chi connectivity index (χ1v) is 6.90. The number of sulfone groups is 1. The number of hydrogen-bond acceptors (Lipinski definition) is 2. The Balaban J connectivity index is 2.25. The number of aromatic amines is 1. The third-order valence-electron chi connectivity index (χ3n) is 2.23. The monoisotopic (exact) mass is 245 g/mol. The van der Waals surface area contributed by atoms with Crippen molar-refractivity contribution >= 4 is 9.84 Å². The van der Waals surface area contributed by atoms with Crippen LogP contribution in [0.3, 0.4) is 0 Å². The molecule has 0 unspecified atom stereocenters. The molecule has 0 saturated carbocycles. The third-order valence-corrected chi connectivity index (χ3v) is 3.36. The summed E-state index contributed by atoms with van der Waals surface area (Å²) in [6.45, 7) is 0. The fraction of sp³-hybridized carbons (Fsp3) is 0.0769. The lowest BCUT2D eigenvalue weighted by molar-refractivity contribution is 0.602. The van der Waals surface area contributed by atoms with Crippen LogP contribution in [0.2, 0.25) is 0 Å². The van der Waals surface area contributed by atoms with Crippen LogP contribution in [0.4, 0.5) is 0 Å². The van der Waals surface area contributed by atoms with E-state index >= 15 is 0 Å². The van der Waals surface area contributed by atoms with Gasteiger partial charge in [0, 0.05) is 29.8 Å². The minimum absolute atomic E-state index is 0.310. The zero-order chi connectivity index (χ0) is 12.3. The van der Waals surface area contributed by atoms with Crippen molar-refractivity contribution in [3.63, 3.8) is 0 Å². The SMILES string of the molecule is CS(=O)(=O)c1ccc(C#Cc2cc[nH]c2)cc1. The lowest BCUT2D eigenvalue weighted by Gasteiger charge is -1.96. The molecule has 0 bridgehead atoms. The van der Waals surface area contributed by atoms with Crippen LogP contribution in [-0.2, 0) is 9.84 Å². The molecule has 0 fully saturated rings. The molecule has 4 heteroatoms. The number of H-pyrrole nitrogens is 1. The van der Waals surface area contributed by atoms with E-state index in [0.29, 0.717) is 4.90 Å². The molecule has 0 aliphatic heterocycles. The van der Waals surface area contributed by atoms with Gasteiger partial charge in [-0.25, -0.2) is 8.42 Å². The van der Waals surface area contributed by atoms with E-state index < -0.39 is 9.84 Å². The third kappa shape index (κ3) is 2.99. The van der Waals surface area contributed by atoms with E-state index in [4.69, 9.17) is 0 Å². The number of hydrogen-bond donors (Lipinski definition) is 1. The van der Waals surface area contributed by atoms with E-state index in [1.165, 1.54) is 6.26 Å². The van der Waals surface area contributed by atoms with Crippen molar-refractivity contribution < 1.29 is 8.42 Å². The van der Waals surface area contributed by atoms with Crippen LogP contribution in [-0.4, -0.2) is 19.7 Å². The van der Waals surface area contributed by atoms with Crippen molar-refractivity contribution in [3.05, 3.63) is 53.9 Å². The summed E-state index contributed by atoms with van der Waals surface area (Å²) in [5.41, 5.74) is 1.69. The molecule has 3 nitrogen and oxygen atoms in total. The first-order chi connectivity index (χ1) is 8.05. The standard InChI is InChI=1S/C13H11NO2S/c1-17(15,16)13-6-4-11(5-7-13)2-3-12-8-9-14-10-12/h4-10,14H,1H3. The van der Waals surface area contributed by atoms with Crippen molar-refractivity contribution in [3.8, 4) is 11.8 Å². The predicted octanol–water partition coefficient (Wildman–Crippen LogP) is 1.82. The van der Waals surface area contributed by atoms with E-state index in [1.807, 2.05) is 6.07 Å². The van der Waals surface area contributed by atoms with Crippen molar-refractivity contribution in [2.75, 3.05) is 6.26 Å². The molecule has 0 atom stereocenters. The zero-order valence-electron chi connectivity index (χ0n) is 9.27. The molecule has 1 aromatic heterocycles. The van der Waals surface area contributed by atoms with Crippen molar-refractivity contribution in [1.29, 1.82) is 0 Å². The van der Waals surface area contributed by atoms with Gasteiger partial charge in [-0.3, -0.25) is 0 Å². The molecule has 0 spiro atoms. The van der Waals surface area contributed by atoms with Gasteiger partial charge in [0.1, 0.15) is 0 Å². The molecule has 0 saturated heterocycles. The Morgan fingerprint density at radius 3 is 2.18 bits per heavy atom. The minimum Gasteiger partial charge on any atom is -0.367 e. The van der Waals surface area contributed by atoms with Crippen molar-refractivity contribution in [1.82, 2.24) is 4.98 Å².